The van der Waals surface area contributed by atoms with E-state index in [1.54, 1.807) is 0 Å². The molecule has 0 heterocycles. The van der Waals surface area contributed by atoms with Gasteiger partial charge < -0.3 is 10.1 Å². The van der Waals surface area contributed by atoms with Gasteiger partial charge in [0.15, 0.2) is 0 Å². The first-order valence-corrected chi connectivity index (χ1v) is 7.69. The molecule has 0 amide bonds. The average molecular weight is 283 g/mol. The zero-order valence-corrected chi connectivity index (χ0v) is 13.4. The monoisotopic (exact) mass is 283 g/mol. The maximum Gasteiger partial charge on any atom is 0.132 e. The second kappa shape index (κ2) is 7.28. The number of hydrogen-bond donors (Lipinski definition) is 1. The van der Waals surface area contributed by atoms with Crippen molar-refractivity contribution in [3.63, 3.8) is 0 Å². The van der Waals surface area contributed by atoms with E-state index in [0.717, 1.165) is 17.9 Å². The fraction of sp³-hybridized carbons (Fsp3) is 0.368. The molecule has 0 aliphatic carbocycles. The number of benzene rings is 2. The summed E-state index contributed by atoms with van der Waals surface area (Å²) < 4.78 is 6.09. The molecule has 0 saturated carbocycles. The highest BCUT2D eigenvalue weighted by Crippen LogP contribution is 2.31. The Morgan fingerprint density at radius 2 is 1.67 bits per heavy atom. The third kappa shape index (κ3) is 3.85. The number of para-hydroxylation sites is 1. The highest BCUT2D eigenvalue weighted by atomic mass is 16.5. The Hall–Kier alpha value is -1.80. The fourth-order valence-corrected chi connectivity index (χ4v) is 2.49. The van der Waals surface area contributed by atoms with Crippen LogP contribution in [-0.4, -0.2) is 7.05 Å². The first-order valence-electron chi connectivity index (χ1n) is 7.69. The molecule has 1 atom stereocenters. The van der Waals surface area contributed by atoms with Crippen molar-refractivity contribution in [3.05, 3.63) is 59.7 Å². The number of ether oxygens (including phenoxy) is 1. The molecule has 0 fully saturated rings. The standard InChI is InChI=1S/C19H25NO/c1-5-18(20-4)17-8-6-7-9-19(17)21-16-12-10-15(11-13-16)14(2)3/h6-14,18,20H,5H2,1-4H3. The zero-order valence-electron chi connectivity index (χ0n) is 13.4. The molecule has 2 aromatic rings. The van der Waals surface area contributed by atoms with Crippen LogP contribution in [-0.2, 0) is 0 Å². The lowest BCUT2D eigenvalue weighted by Crippen LogP contribution is -2.15. The highest BCUT2D eigenvalue weighted by Gasteiger charge is 2.12. The van der Waals surface area contributed by atoms with Crippen LogP contribution in [0.2, 0.25) is 0 Å². The number of nitrogens with one attached hydrogen (secondary N) is 1. The summed E-state index contributed by atoms with van der Waals surface area (Å²) in [5.74, 6) is 2.36. The van der Waals surface area contributed by atoms with Gasteiger partial charge in [-0.2, -0.15) is 0 Å². The van der Waals surface area contributed by atoms with Crippen LogP contribution >= 0.6 is 0 Å². The lowest BCUT2D eigenvalue weighted by molar-refractivity contribution is 0.458. The molecule has 0 radical (unpaired) electrons. The summed E-state index contributed by atoms with van der Waals surface area (Å²) in [5, 5.41) is 3.34. The molecule has 0 bridgehead atoms. The number of hydrogen-bond acceptors (Lipinski definition) is 2. The molecule has 0 aromatic heterocycles. The molecule has 1 unspecified atom stereocenters. The summed E-state index contributed by atoms with van der Waals surface area (Å²) in [6.07, 6.45) is 1.03. The topological polar surface area (TPSA) is 21.3 Å². The Morgan fingerprint density at radius 1 is 1.00 bits per heavy atom. The Balaban J connectivity index is 2.23. The molecule has 2 aromatic carbocycles. The lowest BCUT2D eigenvalue weighted by Gasteiger charge is -2.18. The molecular formula is C19H25NO. The minimum atomic E-state index is 0.316. The molecule has 2 heteroatoms. The van der Waals surface area contributed by atoms with E-state index >= 15 is 0 Å². The summed E-state index contributed by atoms with van der Waals surface area (Å²) in [7, 11) is 1.99. The molecule has 0 aliphatic rings. The summed E-state index contributed by atoms with van der Waals surface area (Å²) in [6.45, 7) is 6.57. The van der Waals surface area contributed by atoms with Gasteiger partial charge >= 0.3 is 0 Å². The van der Waals surface area contributed by atoms with E-state index in [1.165, 1.54) is 11.1 Å². The minimum Gasteiger partial charge on any atom is -0.457 e. The van der Waals surface area contributed by atoms with Gasteiger partial charge in [0.05, 0.1) is 0 Å². The van der Waals surface area contributed by atoms with Gasteiger partial charge in [-0.1, -0.05) is 51.1 Å². The third-order valence-corrected chi connectivity index (χ3v) is 3.83. The zero-order chi connectivity index (χ0) is 15.2. The molecule has 21 heavy (non-hydrogen) atoms. The Bertz CT molecular complexity index is 556. The van der Waals surface area contributed by atoms with Crippen molar-refractivity contribution >= 4 is 0 Å². The summed E-state index contributed by atoms with van der Waals surface area (Å²) >= 11 is 0. The molecule has 2 nitrogen and oxygen atoms in total. The van der Waals surface area contributed by atoms with E-state index in [4.69, 9.17) is 4.74 Å². The quantitative estimate of drug-likeness (QED) is 0.779. The summed E-state index contributed by atoms with van der Waals surface area (Å²) in [5.41, 5.74) is 2.53. The van der Waals surface area contributed by atoms with E-state index < -0.39 is 0 Å². The predicted molar refractivity (Wildman–Crippen MR) is 89.1 cm³/mol. The van der Waals surface area contributed by atoms with E-state index in [9.17, 15) is 0 Å². The van der Waals surface area contributed by atoms with Gasteiger partial charge in [-0.3, -0.25) is 0 Å². The second-order valence-corrected chi connectivity index (χ2v) is 5.61. The molecular weight excluding hydrogens is 258 g/mol. The van der Waals surface area contributed by atoms with E-state index in [2.05, 4.69) is 50.4 Å². The molecule has 0 spiro atoms. The van der Waals surface area contributed by atoms with Crippen molar-refractivity contribution in [3.8, 4) is 11.5 Å². The van der Waals surface area contributed by atoms with Crippen LogP contribution in [0.1, 0.15) is 50.3 Å². The Labute approximate surface area is 128 Å². The highest BCUT2D eigenvalue weighted by molar-refractivity contribution is 5.40. The molecule has 112 valence electrons. The first-order chi connectivity index (χ1) is 10.2. The van der Waals surface area contributed by atoms with Crippen LogP contribution in [0.15, 0.2) is 48.5 Å². The molecule has 0 aliphatic heterocycles. The van der Waals surface area contributed by atoms with Gasteiger partial charge in [0.2, 0.25) is 0 Å². The first kappa shape index (κ1) is 15.6. The van der Waals surface area contributed by atoms with E-state index in [-0.39, 0.29) is 0 Å². The van der Waals surface area contributed by atoms with Crippen molar-refractivity contribution in [1.29, 1.82) is 0 Å². The SMILES string of the molecule is CCC(NC)c1ccccc1Oc1ccc(C(C)C)cc1. The maximum atomic E-state index is 6.09. The van der Waals surface area contributed by atoms with Gasteiger partial charge in [-0.15, -0.1) is 0 Å². The van der Waals surface area contributed by atoms with Crippen molar-refractivity contribution in [2.24, 2.45) is 0 Å². The molecule has 1 N–H and O–H groups in total. The lowest BCUT2D eigenvalue weighted by atomic mass is 10.0. The van der Waals surface area contributed by atoms with Crippen LogP contribution in [0.25, 0.3) is 0 Å². The van der Waals surface area contributed by atoms with Crippen LogP contribution in [0.3, 0.4) is 0 Å². The van der Waals surface area contributed by atoms with E-state index in [1.807, 2.05) is 31.3 Å². The van der Waals surface area contributed by atoms with Crippen molar-refractivity contribution < 1.29 is 4.74 Å². The summed E-state index contributed by atoms with van der Waals surface area (Å²) in [4.78, 5) is 0. The largest absolute Gasteiger partial charge is 0.457 e. The van der Waals surface area contributed by atoms with Gasteiger partial charge in [0.25, 0.3) is 0 Å². The van der Waals surface area contributed by atoms with Gasteiger partial charge in [-0.25, -0.2) is 0 Å². The van der Waals surface area contributed by atoms with Crippen LogP contribution in [0, 0.1) is 0 Å². The Kier molecular flexibility index (Phi) is 5.40. The molecule has 0 saturated heterocycles. The predicted octanol–water partition coefficient (Wildman–Crippen LogP) is 5.27. The fourth-order valence-electron chi connectivity index (χ4n) is 2.49. The average Bonchev–Trinajstić information content (AvgIpc) is 2.50. The van der Waals surface area contributed by atoms with Gasteiger partial charge in [-0.05, 0) is 43.1 Å². The van der Waals surface area contributed by atoms with Gasteiger partial charge in [0.1, 0.15) is 11.5 Å². The summed E-state index contributed by atoms with van der Waals surface area (Å²) in [6, 6.07) is 16.9. The van der Waals surface area contributed by atoms with Gasteiger partial charge in [0, 0.05) is 11.6 Å². The van der Waals surface area contributed by atoms with Crippen molar-refractivity contribution in [1.82, 2.24) is 5.32 Å². The smallest absolute Gasteiger partial charge is 0.132 e. The molecule has 2 rings (SSSR count). The minimum absolute atomic E-state index is 0.316. The second-order valence-electron chi connectivity index (χ2n) is 5.61. The van der Waals surface area contributed by atoms with Crippen LogP contribution < -0.4 is 10.1 Å². The van der Waals surface area contributed by atoms with Crippen molar-refractivity contribution in [2.75, 3.05) is 7.05 Å². The number of rotatable bonds is 6. The Morgan fingerprint density at radius 3 is 2.24 bits per heavy atom. The maximum absolute atomic E-state index is 6.09. The van der Waals surface area contributed by atoms with Crippen molar-refractivity contribution in [2.45, 2.75) is 39.2 Å². The van der Waals surface area contributed by atoms with E-state index in [0.29, 0.717) is 12.0 Å². The third-order valence-electron chi connectivity index (χ3n) is 3.83. The normalized spacial score (nSPS) is 12.4. The van der Waals surface area contributed by atoms with Crippen LogP contribution in [0.4, 0.5) is 0 Å². The van der Waals surface area contributed by atoms with Crippen LogP contribution in [0.5, 0.6) is 11.5 Å².